The Hall–Kier alpha value is -2.20. The van der Waals surface area contributed by atoms with Crippen molar-refractivity contribution >= 4 is 27.5 Å². The molecule has 0 unspecified atom stereocenters. The van der Waals surface area contributed by atoms with Crippen LogP contribution in [0.3, 0.4) is 0 Å². The first kappa shape index (κ1) is 12.9. The van der Waals surface area contributed by atoms with Crippen molar-refractivity contribution in [1.29, 1.82) is 0 Å². The highest BCUT2D eigenvalue weighted by Gasteiger charge is 2.27. The third kappa shape index (κ3) is 2.49. The molecule has 92 valence electrons. The molecular weight excluding hydrogens is 256 g/mol. The van der Waals surface area contributed by atoms with Crippen molar-refractivity contribution in [3.63, 3.8) is 0 Å². The van der Waals surface area contributed by atoms with Crippen LogP contribution in [0.4, 0.5) is 11.4 Å². The molecule has 9 nitrogen and oxygen atoms in total. The second kappa shape index (κ2) is 3.99. The van der Waals surface area contributed by atoms with Crippen LogP contribution in [-0.2, 0) is 10.1 Å². The van der Waals surface area contributed by atoms with Crippen molar-refractivity contribution in [2.24, 2.45) is 0 Å². The van der Waals surface area contributed by atoms with Gasteiger partial charge in [0.15, 0.2) is 4.90 Å². The van der Waals surface area contributed by atoms with Gasteiger partial charge in [0.1, 0.15) is 0 Å². The predicted molar refractivity (Wildman–Crippen MR) is 54.3 cm³/mol. The Morgan fingerprint density at radius 2 is 1.94 bits per heavy atom. The van der Waals surface area contributed by atoms with Gasteiger partial charge in [-0.05, 0) is 6.07 Å². The fourth-order valence-corrected chi connectivity index (χ4v) is 1.79. The number of rotatable bonds is 3. The molecule has 0 spiro atoms. The highest BCUT2D eigenvalue weighted by Crippen LogP contribution is 2.28. The van der Waals surface area contributed by atoms with Crippen LogP contribution < -0.4 is 5.73 Å². The van der Waals surface area contributed by atoms with Crippen molar-refractivity contribution in [1.82, 2.24) is 0 Å². The lowest BCUT2D eigenvalue weighted by Crippen LogP contribution is -2.09. The largest absolute Gasteiger partial charge is 0.478 e. The van der Waals surface area contributed by atoms with Crippen LogP contribution in [0, 0.1) is 10.1 Å². The van der Waals surface area contributed by atoms with Crippen molar-refractivity contribution in [3.05, 3.63) is 27.8 Å². The molecule has 0 atom stereocenters. The Morgan fingerprint density at radius 3 is 2.29 bits per heavy atom. The first-order chi connectivity index (χ1) is 7.64. The average molecular weight is 262 g/mol. The topological polar surface area (TPSA) is 161 Å². The number of carboxylic acid groups (broad SMARTS) is 1. The molecule has 4 N–H and O–H groups in total. The number of nitrogens with two attached hydrogens (primary N) is 1. The normalized spacial score (nSPS) is 11.1. The maximum absolute atomic E-state index is 10.8. The minimum absolute atomic E-state index is 0.473. The minimum Gasteiger partial charge on any atom is -0.478 e. The Kier molecular flexibility index (Phi) is 3.02. The van der Waals surface area contributed by atoms with Gasteiger partial charge in [-0.1, -0.05) is 0 Å². The highest BCUT2D eigenvalue weighted by molar-refractivity contribution is 7.86. The van der Waals surface area contributed by atoms with Gasteiger partial charge in [0.2, 0.25) is 0 Å². The molecule has 0 heterocycles. The van der Waals surface area contributed by atoms with Gasteiger partial charge in [0, 0.05) is 11.8 Å². The van der Waals surface area contributed by atoms with Crippen LogP contribution >= 0.6 is 0 Å². The van der Waals surface area contributed by atoms with Crippen LogP contribution in [0.25, 0.3) is 0 Å². The van der Waals surface area contributed by atoms with E-state index in [4.69, 9.17) is 15.4 Å². The maximum atomic E-state index is 10.8. The lowest BCUT2D eigenvalue weighted by atomic mass is 10.1. The maximum Gasteiger partial charge on any atom is 0.338 e. The summed E-state index contributed by atoms with van der Waals surface area (Å²) in [4.78, 5) is 19.0. The van der Waals surface area contributed by atoms with E-state index in [1.807, 2.05) is 0 Å². The van der Waals surface area contributed by atoms with Gasteiger partial charge in [0.25, 0.3) is 5.69 Å². The van der Waals surface area contributed by atoms with Gasteiger partial charge in [-0.15, -0.1) is 0 Å². The average Bonchev–Trinajstić information content (AvgIpc) is 2.14. The number of nitro groups is 1. The fraction of sp³-hybridized carbons (Fsp3) is 0. The van der Waals surface area contributed by atoms with Crippen LogP contribution in [0.1, 0.15) is 10.4 Å². The molecular formula is C7H6N2O7S. The van der Waals surface area contributed by atoms with E-state index in [9.17, 15) is 23.3 Å². The van der Waals surface area contributed by atoms with Gasteiger partial charge >= 0.3 is 16.1 Å². The monoisotopic (exact) mass is 262 g/mol. The molecule has 0 saturated carbocycles. The van der Waals surface area contributed by atoms with E-state index in [0.717, 1.165) is 0 Å². The summed E-state index contributed by atoms with van der Waals surface area (Å²) >= 11 is 0. The standard InChI is InChI=1S/C7H6N2O7S/c8-4-2-6(17(14,15)16)5(9(12)13)1-3(4)7(10)11/h1-2H,8H2,(H,10,11)(H,14,15,16). The van der Waals surface area contributed by atoms with Gasteiger partial charge in [-0.2, -0.15) is 8.42 Å². The summed E-state index contributed by atoms with van der Waals surface area (Å²) in [5.74, 6) is -1.55. The number of hydrogen-bond donors (Lipinski definition) is 3. The molecule has 0 aliphatic carbocycles. The summed E-state index contributed by atoms with van der Waals surface area (Å²) in [5.41, 5.74) is 3.03. The SMILES string of the molecule is Nc1cc(S(=O)(=O)O)c([N+](=O)[O-])cc1C(=O)O. The molecule has 0 bridgehead atoms. The van der Waals surface area contributed by atoms with E-state index in [1.165, 1.54) is 0 Å². The predicted octanol–water partition coefficient (Wildman–Crippen LogP) is 0.122. The summed E-state index contributed by atoms with van der Waals surface area (Å²) < 4.78 is 30.4. The molecule has 0 fully saturated rings. The van der Waals surface area contributed by atoms with Gasteiger partial charge in [0.05, 0.1) is 10.5 Å². The van der Waals surface area contributed by atoms with E-state index in [1.54, 1.807) is 0 Å². The summed E-state index contributed by atoms with van der Waals surface area (Å²) in [5, 5.41) is 19.2. The van der Waals surface area contributed by atoms with Gasteiger partial charge in [-0.25, -0.2) is 4.79 Å². The number of benzene rings is 1. The summed E-state index contributed by atoms with van der Waals surface area (Å²) in [6.07, 6.45) is 0. The molecule has 0 aromatic heterocycles. The molecule has 17 heavy (non-hydrogen) atoms. The molecule has 1 aromatic rings. The second-order valence-corrected chi connectivity index (χ2v) is 4.33. The second-order valence-electron chi connectivity index (χ2n) is 2.94. The lowest BCUT2D eigenvalue weighted by Gasteiger charge is -2.04. The van der Waals surface area contributed by atoms with Crippen LogP contribution in [0.2, 0.25) is 0 Å². The Balaban J connectivity index is 3.70. The zero-order valence-corrected chi connectivity index (χ0v) is 8.84. The highest BCUT2D eigenvalue weighted by atomic mass is 32.2. The quantitative estimate of drug-likeness (QED) is 0.299. The van der Waals surface area contributed by atoms with Crippen LogP contribution in [0.15, 0.2) is 17.0 Å². The Labute approximate surface area is 94.4 Å². The smallest absolute Gasteiger partial charge is 0.338 e. The van der Waals surface area contributed by atoms with E-state index >= 15 is 0 Å². The van der Waals surface area contributed by atoms with Crippen LogP contribution in [-0.4, -0.2) is 29.0 Å². The zero-order chi connectivity index (χ0) is 13.4. The molecule has 0 aliphatic rings. The molecule has 0 amide bonds. The third-order valence-corrected chi connectivity index (χ3v) is 2.72. The molecule has 10 heteroatoms. The fourth-order valence-electron chi connectivity index (χ4n) is 1.12. The van der Waals surface area contributed by atoms with Crippen LogP contribution in [0.5, 0.6) is 0 Å². The molecule has 0 saturated heterocycles. The summed E-state index contributed by atoms with van der Waals surface area (Å²) in [7, 11) is -4.86. The zero-order valence-electron chi connectivity index (χ0n) is 8.02. The molecule has 0 aliphatic heterocycles. The van der Waals surface area contributed by atoms with Gasteiger partial charge < -0.3 is 10.8 Å². The molecule has 1 rings (SSSR count). The Bertz CT molecular complexity index is 607. The van der Waals surface area contributed by atoms with Gasteiger partial charge in [-0.3, -0.25) is 14.7 Å². The summed E-state index contributed by atoms with van der Waals surface area (Å²) in [6.45, 7) is 0. The number of nitro benzene ring substituents is 1. The third-order valence-electron chi connectivity index (χ3n) is 1.84. The van der Waals surface area contributed by atoms with E-state index < -0.39 is 42.8 Å². The molecule has 0 radical (unpaired) electrons. The van der Waals surface area contributed by atoms with E-state index in [2.05, 4.69) is 0 Å². The Morgan fingerprint density at radius 1 is 1.41 bits per heavy atom. The first-order valence-corrected chi connectivity index (χ1v) is 5.37. The van der Waals surface area contributed by atoms with Crippen molar-refractivity contribution in [2.75, 3.05) is 5.73 Å². The number of anilines is 1. The number of nitrogen functional groups attached to an aromatic ring is 1. The molecule has 1 aromatic carbocycles. The number of carboxylic acids is 1. The number of aromatic carboxylic acids is 1. The number of carbonyl (C=O) groups is 1. The van der Waals surface area contributed by atoms with Crippen molar-refractivity contribution < 1.29 is 27.8 Å². The minimum atomic E-state index is -4.86. The van der Waals surface area contributed by atoms with E-state index in [-0.39, 0.29) is 0 Å². The number of hydrogen-bond acceptors (Lipinski definition) is 6. The summed E-state index contributed by atoms with van der Waals surface area (Å²) in [6, 6.07) is 0.998. The van der Waals surface area contributed by atoms with E-state index in [0.29, 0.717) is 12.1 Å². The van der Waals surface area contributed by atoms with Crippen molar-refractivity contribution in [2.45, 2.75) is 4.90 Å². The number of nitrogens with zero attached hydrogens (tertiary/aromatic N) is 1. The van der Waals surface area contributed by atoms with Crippen molar-refractivity contribution in [3.8, 4) is 0 Å². The lowest BCUT2D eigenvalue weighted by molar-refractivity contribution is -0.387. The first-order valence-electron chi connectivity index (χ1n) is 3.93.